The van der Waals surface area contributed by atoms with E-state index in [-0.39, 0.29) is 0 Å². The predicted molar refractivity (Wildman–Crippen MR) is 55.3 cm³/mol. The van der Waals surface area contributed by atoms with E-state index < -0.39 is 0 Å². The fraction of sp³-hybridized carbons (Fsp3) is 0.455. The predicted octanol–water partition coefficient (Wildman–Crippen LogP) is 1.51. The summed E-state index contributed by atoms with van der Waals surface area (Å²) in [6.45, 7) is 0. The Balaban J connectivity index is 2.56. The van der Waals surface area contributed by atoms with Crippen molar-refractivity contribution in [2.45, 2.75) is 19.3 Å². The Hall–Kier alpha value is -1.56. The molecule has 0 saturated carbocycles. The number of fused-ring (bicyclic) bond motifs is 1. The van der Waals surface area contributed by atoms with Crippen LogP contribution in [-0.4, -0.2) is 19.1 Å². The number of rotatable bonds is 1. The third kappa shape index (κ3) is 1.33. The molecule has 0 radical (unpaired) electrons. The van der Waals surface area contributed by atoms with Crippen LogP contribution in [-0.2, 0) is 12.8 Å². The summed E-state index contributed by atoms with van der Waals surface area (Å²) < 4.78 is 0. The van der Waals surface area contributed by atoms with E-state index in [9.17, 15) is 0 Å². The molecule has 3 nitrogen and oxygen atoms in total. The highest BCUT2D eigenvalue weighted by Gasteiger charge is 2.16. The summed E-state index contributed by atoms with van der Waals surface area (Å²) >= 11 is 0. The first-order valence-corrected chi connectivity index (χ1v) is 4.82. The largest absolute Gasteiger partial charge is 0.362 e. The molecule has 0 fully saturated rings. The zero-order valence-corrected chi connectivity index (χ0v) is 8.54. The van der Waals surface area contributed by atoms with Crippen LogP contribution in [0.3, 0.4) is 0 Å². The van der Waals surface area contributed by atoms with Crippen LogP contribution < -0.4 is 4.90 Å². The zero-order valence-electron chi connectivity index (χ0n) is 8.54. The van der Waals surface area contributed by atoms with Crippen molar-refractivity contribution in [2.24, 2.45) is 0 Å². The number of aromatic nitrogens is 1. The van der Waals surface area contributed by atoms with Crippen molar-refractivity contribution < 1.29 is 0 Å². The Morgan fingerprint density at radius 3 is 2.86 bits per heavy atom. The van der Waals surface area contributed by atoms with Crippen LogP contribution in [0, 0.1) is 11.3 Å². The Labute approximate surface area is 84.0 Å². The summed E-state index contributed by atoms with van der Waals surface area (Å²) in [6.07, 6.45) is 3.30. The summed E-state index contributed by atoms with van der Waals surface area (Å²) in [5.41, 5.74) is 3.12. The van der Waals surface area contributed by atoms with E-state index in [2.05, 4.69) is 11.1 Å². The summed E-state index contributed by atoms with van der Waals surface area (Å²) in [5.74, 6) is 0.799. The van der Waals surface area contributed by atoms with Crippen LogP contribution in [0.2, 0.25) is 0 Å². The van der Waals surface area contributed by atoms with Gasteiger partial charge in [-0.05, 0) is 30.9 Å². The van der Waals surface area contributed by atoms with Gasteiger partial charge in [-0.15, -0.1) is 0 Å². The van der Waals surface area contributed by atoms with Crippen LogP contribution in [0.25, 0.3) is 0 Å². The second kappa shape index (κ2) is 3.30. The molecule has 0 aromatic carbocycles. The lowest BCUT2D eigenvalue weighted by Crippen LogP contribution is -2.13. The molecule has 1 aliphatic rings. The van der Waals surface area contributed by atoms with E-state index in [4.69, 9.17) is 5.26 Å². The molecule has 0 amide bonds. The first kappa shape index (κ1) is 9.01. The SMILES string of the molecule is CN(C)c1nc2c(cc1C#N)CCC2. The van der Waals surface area contributed by atoms with Crippen molar-refractivity contribution >= 4 is 5.82 Å². The highest BCUT2D eigenvalue weighted by atomic mass is 15.1. The number of pyridine rings is 1. The lowest BCUT2D eigenvalue weighted by atomic mass is 10.1. The second-order valence-corrected chi connectivity index (χ2v) is 3.83. The zero-order chi connectivity index (χ0) is 10.1. The second-order valence-electron chi connectivity index (χ2n) is 3.83. The third-order valence-corrected chi connectivity index (χ3v) is 2.57. The van der Waals surface area contributed by atoms with Crippen molar-refractivity contribution in [1.29, 1.82) is 5.26 Å². The van der Waals surface area contributed by atoms with E-state index in [1.807, 2.05) is 25.1 Å². The van der Waals surface area contributed by atoms with Gasteiger partial charge in [-0.25, -0.2) is 4.98 Å². The molecule has 0 aliphatic heterocycles. The number of anilines is 1. The Morgan fingerprint density at radius 2 is 2.21 bits per heavy atom. The number of hydrogen-bond acceptors (Lipinski definition) is 3. The van der Waals surface area contributed by atoms with Crippen LogP contribution >= 0.6 is 0 Å². The fourth-order valence-electron chi connectivity index (χ4n) is 1.88. The molecule has 0 spiro atoms. The number of nitriles is 1. The van der Waals surface area contributed by atoms with Gasteiger partial charge >= 0.3 is 0 Å². The lowest BCUT2D eigenvalue weighted by molar-refractivity contribution is 0.897. The van der Waals surface area contributed by atoms with Gasteiger partial charge in [0.1, 0.15) is 11.9 Å². The van der Waals surface area contributed by atoms with E-state index in [1.165, 1.54) is 17.7 Å². The van der Waals surface area contributed by atoms with Gasteiger partial charge in [0.05, 0.1) is 5.56 Å². The van der Waals surface area contributed by atoms with Gasteiger partial charge in [-0.2, -0.15) is 5.26 Å². The standard InChI is InChI=1S/C11H13N3/c1-14(2)11-9(7-12)6-8-4-3-5-10(8)13-11/h6H,3-5H2,1-2H3. The minimum absolute atomic E-state index is 0.690. The van der Waals surface area contributed by atoms with E-state index >= 15 is 0 Å². The lowest BCUT2D eigenvalue weighted by Gasteiger charge is -2.14. The van der Waals surface area contributed by atoms with Gasteiger partial charge in [0.2, 0.25) is 0 Å². The van der Waals surface area contributed by atoms with Gasteiger partial charge in [-0.3, -0.25) is 0 Å². The monoisotopic (exact) mass is 187 g/mol. The molecule has 0 unspecified atom stereocenters. The molecule has 14 heavy (non-hydrogen) atoms. The Kier molecular flexibility index (Phi) is 2.12. The highest BCUT2D eigenvalue weighted by Crippen LogP contribution is 2.25. The minimum atomic E-state index is 0.690. The first-order valence-electron chi connectivity index (χ1n) is 4.82. The van der Waals surface area contributed by atoms with Crippen LogP contribution in [0.5, 0.6) is 0 Å². The minimum Gasteiger partial charge on any atom is -0.362 e. The highest BCUT2D eigenvalue weighted by molar-refractivity contribution is 5.55. The van der Waals surface area contributed by atoms with Crippen molar-refractivity contribution in [3.05, 3.63) is 22.9 Å². The summed E-state index contributed by atoms with van der Waals surface area (Å²) in [6, 6.07) is 4.19. The average Bonchev–Trinajstić information content (AvgIpc) is 2.62. The molecule has 0 atom stereocenters. The number of aryl methyl sites for hydroxylation is 2. The average molecular weight is 187 g/mol. The van der Waals surface area contributed by atoms with Crippen LogP contribution in [0.15, 0.2) is 6.07 Å². The summed E-state index contributed by atoms with van der Waals surface area (Å²) in [4.78, 5) is 6.43. The van der Waals surface area contributed by atoms with Gasteiger partial charge < -0.3 is 4.90 Å². The molecular weight excluding hydrogens is 174 g/mol. The van der Waals surface area contributed by atoms with Gasteiger partial charge in [-0.1, -0.05) is 0 Å². The van der Waals surface area contributed by atoms with E-state index in [0.29, 0.717) is 5.56 Å². The van der Waals surface area contributed by atoms with Crippen molar-refractivity contribution in [3.63, 3.8) is 0 Å². The molecule has 1 aliphatic carbocycles. The maximum absolute atomic E-state index is 8.98. The van der Waals surface area contributed by atoms with Gasteiger partial charge in [0.15, 0.2) is 0 Å². The maximum Gasteiger partial charge on any atom is 0.146 e. The molecule has 1 aromatic heterocycles. The van der Waals surface area contributed by atoms with Crippen LogP contribution in [0.1, 0.15) is 23.2 Å². The third-order valence-electron chi connectivity index (χ3n) is 2.57. The van der Waals surface area contributed by atoms with Crippen molar-refractivity contribution in [1.82, 2.24) is 4.98 Å². The fourth-order valence-corrected chi connectivity index (χ4v) is 1.88. The maximum atomic E-state index is 8.98. The molecule has 2 rings (SSSR count). The summed E-state index contributed by atoms with van der Waals surface area (Å²) in [5, 5.41) is 8.98. The molecule has 0 saturated heterocycles. The smallest absolute Gasteiger partial charge is 0.146 e. The number of nitrogens with zero attached hydrogens (tertiary/aromatic N) is 3. The Bertz CT molecular complexity index is 402. The molecule has 72 valence electrons. The topological polar surface area (TPSA) is 39.9 Å². The van der Waals surface area contributed by atoms with E-state index in [0.717, 1.165) is 18.7 Å². The van der Waals surface area contributed by atoms with Crippen molar-refractivity contribution in [2.75, 3.05) is 19.0 Å². The van der Waals surface area contributed by atoms with Gasteiger partial charge in [0, 0.05) is 19.8 Å². The van der Waals surface area contributed by atoms with Crippen LogP contribution in [0.4, 0.5) is 5.82 Å². The molecule has 0 N–H and O–H groups in total. The Morgan fingerprint density at radius 1 is 1.43 bits per heavy atom. The molecule has 1 aromatic rings. The van der Waals surface area contributed by atoms with E-state index in [1.54, 1.807) is 0 Å². The molecule has 3 heteroatoms. The quantitative estimate of drug-likeness (QED) is 0.669. The molecular formula is C11H13N3. The van der Waals surface area contributed by atoms with Crippen molar-refractivity contribution in [3.8, 4) is 6.07 Å². The first-order chi connectivity index (χ1) is 6.72. The number of hydrogen-bond donors (Lipinski definition) is 0. The molecule has 1 heterocycles. The van der Waals surface area contributed by atoms with Gasteiger partial charge in [0.25, 0.3) is 0 Å². The molecule has 0 bridgehead atoms. The normalized spacial score (nSPS) is 13.5. The summed E-state index contributed by atoms with van der Waals surface area (Å²) in [7, 11) is 3.84.